The first-order valence-corrected chi connectivity index (χ1v) is 3.49. The maximum atomic E-state index is 8.49. The third-order valence-corrected chi connectivity index (χ3v) is 0.829. The molecular formula is C6H15NO3. The van der Waals surface area contributed by atoms with E-state index < -0.39 is 0 Å². The van der Waals surface area contributed by atoms with E-state index in [2.05, 4.69) is 0 Å². The summed E-state index contributed by atoms with van der Waals surface area (Å²) in [4.78, 5) is 9.95. The van der Waals surface area contributed by atoms with Crippen LogP contribution in [0.1, 0.15) is 13.8 Å². The number of aliphatic hydroxyl groups is 1. The Morgan fingerprint density at radius 3 is 2.00 bits per heavy atom. The van der Waals surface area contributed by atoms with Crippen LogP contribution in [0.15, 0.2) is 0 Å². The molecule has 0 saturated heterocycles. The molecule has 0 atom stereocenters. The molecule has 0 fully saturated rings. The van der Waals surface area contributed by atoms with E-state index in [4.69, 9.17) is 14.8 Å². The fourth-order valence-corrected chi connectivity index (χ4v) is 0.536. The minimum atomic E-state index is 0.0417. The van der Waals surface area contributed by atoms with Crippen LogP contribution in [0, 0.1) is 0 Å². The molecule has 10 heavy (non-hydrogen) atoms. The van der Waals surface area contributed by atoms with Gasteiger partial charge in [0.15, 0.2) is 0 Å². The molecule has 0 aromatic carbocycles. The van der Waals surface area contributed by atoms with Crippen molar-refractivity contribution < 1.29 is 14.8 Å². The van der Waals surface area contributed by atoms with Crippen LogP contribution in [-0.4, -0.2) is 36.7 Å². The van der Waals surface area contributed by atoms with Crippen molar-refractivity contribution in [2.24, 2.45) is 0 Å². The zero-order chi connectivity index (χ0) is 7.82. The van der Waals surface area contributed by atoms with Crippen molar-refractivity contribution in [2.45, 2.75) is 13.8 Å². The maximum absolute atomic E-state index is 8.49. The minimum absolute atomic E-state index is 0.0417. The number of hydrogen-bond donors (Lipinski definition) is 1. The van der Waals surface area contributed by atoms with E-state index in [1.807, 2.05) is 13.8 Å². The van der Waals surface area contributed by atoms with Crippen LogP contribution in [-0.2, 0) is 9.68 Å². The highest BCUT2D eigenvalue weighted by molar-refractivity contribution is 4.26. The largest absolute Gasteiger partial charge is 0.395 e. The van der Waals surface area contributed by atoms with E-state index in [1.54, 1.807) is 0 Å². The molecule has 0 heterocycles. The van der Waals surface area contributed by atoms with Crippen LogP contribution >= 0.6 is 0 Å². The van der Waals surface area contributed by atoms with Crippen molar-refractivity contribution >= 4 is 0 Å². The third-order valence-electron chi connectivity index (χ3n) is 0.829. The van der Waals surface area contributed by atoms with Gasteiger partial charge in [-0.15, -0.1) is 0 Å². The predicted octanol–water partition coefficient (Wildman–Crippen LogP) is 0.184. The van der Waals surface area contributed by atoms with E-state index in [9.17, 15) is 0 Å². The molecule has 0 radical (unpaired) electrons. The van der Waals surface area contributed by atoms with Gasteiger partial charge >= 0.3 is 0 Å². The Labute approximate surface area is 61.3 Å². The molecule has 0 spiro atoms. The summed E-state index contributed by atoms with van der Waals surface area (Å²) in [6, 6.07) is 0. The van der Waals surface area contributed by atoms with Gasteiger partial charge in [0.05, 0.1) is 26.4 Å². The zero-order valence-corrected chi connectivity index (χ0v) is 6.54. The van der Waals surface area contributed by atoms with Gasteiger partial charge in [-0.3, -0.25) is 9.68 Å². The summed E-state index contributed by atoms with van der Waals surface area (Å²) in [5.74, 6) is 0. The number of hydrogen-bond acceptors (Lipinski definition) is 4. The molecule has 0 aliphatic carbocycles. The molecule has 0 rings (SSSR count). The first-order chi connectivity index (χ1) is 4.85. The summed E-state index contributed by atoms with van der Waals surface area (Å²) in [6.45, 7) is 5.27. The van der Waals surface area contributed by atoms with Gasteiger partial charge in [-0.1, -0.05) is 5.23 Å². The van der Waals surface area contributed by atoms with E-state index in [1.165, 1.54) is 5.23 Å². The molecule has 0 aliphatic rings. The maximum Gasteiger partial charge on any atom is 0.0748 e. The van der Waals surface area contributed by atoms with Gasteiger partial charge < -0.3 is 5.11 Å². The fraction of sp³-hybridized carbons (Fsp3) is 1.00. The average molecular weight is 149 g/mol. The third kappa shape index (κ3) is 4.69. The Morgan fingerprint density at radius 2 is 1.70 bits per heavy atom. The van der Waals surface area contributed by atoms with Gasteiger partial charge in [-0.05, 0) is 13.8 Å². The molecular weight excluding hydrogens is 134 g/mol. The average Bonchev–Trinajstić information content (AvgIpc) is 1.90. The Bertz CT molecular complexity index is 55.7. The molecule has 1 N–H and O–H groups in total. The molecule has 0 saturated carbocycles. The van der Waals surface area contributed by atoms with Gasteiger partial charge in [0.25, 0.3) is 0 Å². The SMILES string of the molecule is CCON(CCO)OCC. The molecule has 4 nitrogen and oxygen atoms in total. The summed E-state index contributed by atoms with van der Waals surface area (Å²) in [7, 11) is 0. The van der Waals surface area contributed by atoms with Crippen molar-refractivity contribution in [1.29, 1.82) is 0 Å². The summed E-state index contributed by atoms with van der Waals surface area (Å²) in [6.07, 6.45) is 0. The van der Waals surface area contributed by atoms with Crippen LogP contribution in [0.25, 0.3) is 0 Å². The molecule has 0 amide bonds. The predicted molar refractivity (Wildman–Crippen MR) is 37.0 cm³/mol. The van der Waals surface area contributed by atoms with Crippen molar-refractivity contribution in [3.63, 3.8) is 0 Å². The van der Waals surface area contributed by atoms with Crippen molar-refractivity contribution in [3.8, 4) is 0 Å². The highest BCUT2D eigenvalue weighted by atomic mass is 16.9. The molecule has 0 aromatic rings. The number of rotatable bonds is 6. The fourth-order valence-electron chi connectivity index (χ4n) is 0.536. The lowest BCUT2D eigenvalue weighted by Gasteiger charge is -2.17. The smallest absolute Gasteiger partial charge is 0.0748 e. The molecule has 0 aliphatic heterocycles. The normalized spacial score (nSPS) is 10.8. The highest BCUT2D eigenvalue weighted by Gasteiger charge is 2.00. The number of nitrogens with zero attached hydrogens (tertiary/aromatic N) is 1. The summed E-state index contributed by atoms with van der Waals surface area (Å²) >= 11 is 0. The second kappa shape index (κ2) is 6.95. The van der Waals surface area contributed by atoms with Gasteiger partial charge in [-0.2, -0.15) is 0 Å². The van der Waals surface area contributed by atoms with E-state index in [0.717, 1.165) is 0 Å². The van der Waals surface area contributed by atoms with E-state index >= 15 is 0 Å². The van der Waals surface area contributed by atoms with Crippen LogP contribution in [0.4, 0.5) is 0 Å². The lowest BCUT2D eigenvalue weighted by atomic mass is 10.7. The van der Waals surface area contributed by atoms with Crippen LogP contribution in [0.3, 0.4) is 0 Å². The summed E-state index contributed by atoms with van der Waals surface area (Å²) in [5, 5.41) is 9.78. The lowest BCUT2D eigenvalue weighted by Crippen LogP contribution is -2.27. The standard InChI is InChI=1S/C6H15NO3/c1-3-9-7(5-6-8)10-4-2/h8H,3-6H2,1-2H3. The summed E-state index contributed by atoms with van der Waals surface area (Å²) in [5.41, 5.74) is 0. The molecule has 62 valence electrons. The van der Waals surface area contributed by atoms with Gasteiger partial charge in [0.2, 0.25) is 0 Å². The molecule has 0 bridgehead atoms. The first kappa shape index (κ1) is 9.84. The molecule has 0 unspecified atom stereocenters. The lowest BCUT2D eigenvalue weighted by molar-refractivity contribution is -0.366. The second-order valence-corrected chi connectivity index (χ2v) is 1.62. The Kier molecular flexibility index (Phi) is 6.84. The molecule has 0 aromatic heterocycles. The monoisotopic (exact) mass is 149 g/mol. The van der Waals surface area contributed by atoms with E-state index in [-0.39, 0.29) is 6.61 Å². The van der Waals surface area contributed by atoms with Crippen LogP contribution < -0.4 is 0 Å². The molecule has 4 heteroatoms. The Morgan fingerprint density at radius 1 is 1.20 bits per heavy atom. The van der Waals surface area contributed by atoms with Crippen molar-refractivity contribution in [2.75, 3.05) is 26.4 Å². The van der Waals surface area contributed by atoms with E-state index in [0.29, 0.717) is 19.8 Å². The van der Waals surface area contributed by atoms with Crippen molar-refractivity contribution in [1.82, 2.24) is 5.23 Å². The Balaban J connectivity index is 3.30. The Hall–Kier alpha value is -0.160. The zero-order valence-electron chi connectivity index (χ0n) is 6.54. The second-order valence-electron chi connectivity index (χ2n) is 1.62. The van der Waals surface area contributed by atoms with Gasteiger partial charge in [0, 0.05) is 0 Å². The number of hydroxylamine groups is 2. The van der Waals surface area contributed by atoms with Crippen LogP contribution in [0.2, 0.25) is 0 Å². The quantitative estimate of drug-likeness (QED) is 0.547. The van der Waals surface area contributed by atoms with Crippen LogP contribution in [0.5, 0.6) is 0 Å². The van der Waals surface area contributed by atoms with Gasteiger partial charge in [0.1, 0.15) is 0 Å². The number of aliphatic hydroxyl groups excluding tert-OH is 1. The highest BCUT2D eigenvalue weighted by Crippen LogP contribution is 1.90. The topological polar surface area (TPSA) is 41.9 Å². The first-order valence-electron chi connectivity index (χ1n) is 3.49. The summed E-state index contributed by atoms with van der Waals surface area (Å²) < 4.78 is 0. The van der Waals surface area contributed by atoms with Crippen molar-refractivity contribution in [3.05, 3.63) is 0 Å². The minimum Gasteiger partial charge on any atom is -0.395 e. The van der Waals surface area contributed by atoms with Gasteiger partial charge in [-0.25, -0.2) is 0 Å².